The quantitative estimate of drug-likeness (QED) is 0.823. The molecule has 1 aliphatic rings. The van der Waals surface area contributed by atoms with Crippen LogP contribution in [0.5, 0.6) is 0 Å². The maximum atomic E-state index is 12.7. The van der Waals surface area contributed by atoms with Crippen LogP contribution in [0.1, 0.15) is 55.2 Å². The number of thiazole rings is 1. The third-order valence-corrected chi connectivity index (χ3v) is 4.96. The fourth-order valence-electron chi connectivity index (χ4n) is 2.57. The largest absolute Gasteiger partial charge is 0.423 e. The maximum absolute atomic E-state index is 12.7. The summed E-state index contributed by atoms with van der Waals surface area (Å²) in [5, 5.41) is 11.2. The molecule has 130 valence electrons. The predicted molar refractivity (Wildman–Crippen MR) is 88.9 cm³/mol. The molecule has 0 radical (unpaired) electrons. The van der Waals surface area contributed by atoms with Crippen LogP contribution in [0.3, 0.4) is 0 Å². The Balaban J connectivity index is 1.74. The van der Waals surface area contributed by atoms with Gasteiger partial charge in [-0.2, -0.15) is 0 Å². The minimum absolute atomic E-state index is 0.0144. The number of carbonyl (C=O) groups excluding carboxylic acids is 1. The summed E-state index contributed by atoms with van der Waals surface area (Å²) in [5.41, 5.74) is 0.820. The molecular weight excluding hydrogens is 328 g/mol. The standard InChI is InChI=1S/C16H22N4O3S/c1-4-13-17-11(9-24-13)7-14(21)20-5-6-22-8-12(20)16-19-18-15(23-16)10(2)3/h9-10,12H,4-8H2,1-3H3/t12-/m1/s1. The Morgan fingerprint density at radius 2 is 2.29 bits per heavy atom. The van der Waals surface area contributed by atoms with E-state index in [0.717, 1.165) is 17.1 Å². The van der Waals surface area contributed by atoms with Crippen LogP contribution < -0.4 is 0 Å². The Labute approximate surface area is 145 Å². The summed E-state index contributed by atoms with van der Waals surface area (Å²) < 4.78 is 11.3. The Bertz CT molecular complexity index is 697. The van der Waals surface area contributed by atoms with Gasteiger partial charge in [0, 0.05) is 17.8 Å². The zero-order valence-corrected chi connectivity index (χ0v) is 15.0. The molecule has 1 saturated heterocycles. The molecular formula is C16H22N4O3S. The molecule has 3 heterocycles. The zero-order valence-electron chi connectivity index (χ0n) is 14.2. The Hall–Kier alpha value is -1.80. The second-order valence-electron chi connectivity index (χ2n) is 6.07. The highest BCUT2D eigenvalue weighted by atomic mass is 32.1. The maximum Gasteiger partial charge on any atom is 0.241 e. The van der Waals surface area contributed by atoms with Crippen LogP contribution in [0.15, 0.2) is 9.80 Å². The third-order valence-electron chi connectivity index (χ3n) is 3.92. The van der Waals surface area contributed by atoms with Crippen molar-refractivity contribution in [3.05, 3.63) is 27.9 Å². The van der Waals surface area contributed by atoms with E-state index < -0.39 is 0 Å². The minimum atomic E-state index is -0.324. The molecule has 0 aromatic carbocycles. The summed E-state index contributed by atoms with van der Waals surface area (Å²) in [5.74, 6) is 1.19. The van der Waals surface area contributed by atoms with Crippen molar-refractivity contribution in [1.29, 1.82) is 0 Å². The van der Waals surface area contributed by atoms with Crippen molar-refractivity contribution >= 4 is 17.2 Å². The van der Waals surface area contributed by atoms with Crippen LogP contribution in [0.25, 0.3) is 0 Å². The van der Waals surface area contributed by atoms with E-state index in [1.807, 2.05) is 19.2 Å². The van der Waals surface area contributed by atoms with Gasteiger partial charge in [0.25, 0.3) is 0 Å². The number of aryl methyl sites for hydroxylation is 1. The highest BCUT2D eigenvalue weighted by molar-refractivity contribution is 7.09. The molecule has 8 heteroatoms. The number of ether oxygens (including phenoxy) is 1. The first-order valence-corrected chi connectivity index (χ1v) is 9.10. The Morgan fingerprint density at radius 3 is 2.96 bits per heavy atom. The number of hydrogen-bond donors (Lipinski definition) is 0. The van der Waals surface area contributed by atoms with Gasteiger partial charge in [-0.3, -0.25) is 4.79 Å². The van der Waals surface area contributed by atoms with Crippen LogP contribution >= 0.6 is 11.3 Å². The van der Waals surface area contributed by atoms with Crippen molar-refractivity contribution in [2.24, 2.45) is 0 Å². The van der Waals surface area contributed by atoms with E-state index in [9.17, 15) is 4.79 Å². The van der Waals surface area contributed by atoms with E-state index >= 15 is 0 Å². The molecule has 1 amide bonds. The second-order valence-corrected chi connectivity index (χ2v) is 7.02. The molecule has 0 aliphatic carbocycles. The lowest BCUT2D eigenvalue weighted by Crippen LogP contribution is -2.44. The number of carbonyl (C=O) groups is 1. The molecule has 0 unspecified atom stereocenters. The van der Waals surface area contributed by atoms with Gasteiger partial charge in [0.05, 0.1) is 30.3 Å². The summed E-state index contributed by atoms with van der Waals surface area (Å²) in [6, 6.07) is -0.324. The van der Waals surface area contributed by atoms with E-state index in [4.69, 9.17) is 9.15 Å². The van der Waals surface area contributed by atoms with Crippen molar-refractivity contribution < 1.29 is 13.9 Å². The highest BCUT2D eigenvalue weighted by Crippen LogP contribution is 2.26. The van der Waals surface area contributed by atoms with Crippen LogP contribution in [0, 0.1) is 0 Å². The lowest BCUT2D eigenvalue weighted by Gasteiger charge is -2.33. The van der Waals surface area contributed by atoms with Gasteiger partial charge in [-0.15, -0.1) is 21.5 Å². The molecule has 2 aromatic rings. The van der Waals surface area contributed by atoms with E-state index in [1.54, 1.807) is 16.2 Å². The SMILES string of the molecule is CCc1nc(CC(=O)N2CCOC[C@@H]2c2nnc(C(C)C)o2)cs1. The van der Waals surface area contributed by atoms with E-state index in [1.165, 1.54) is 0 Å². The van der Waals surface area contributed by atoms with E-state index in [0.29, 0.717) is 31.5 Å². The summed E-state index contributed by atoms with van der Waals surface area (Å²) in [7, 11) is 0. The molecule has 3 rings (SSSR count). The molecule has 2 aromatic heterocycles. The lowest BCUT2D eigenvalue weighted by molar-refractivity contribution is -0.140. The lowest BCUT2D eigenvalue weighted by atomic mass is 10.2. The molecule has 1 fully saturated rings. The van der Waals surface area contributed by atoms with Gasteiger partial charge in [-0.05, 0) is 6.42 Å². The molecule has 7 nitrogen and oxygen atoms in total. The van der Waals surface area contributed by atoms with Gasteiger partial charge in [-0.1, -0.05) is 20.8 Å². The number of nitrogens with zero attached hydrogens (tertiary/aromatic N) is 4. The van der Waals surface area contributed by atoms with Crippen molar-refractivity contribution in [2.45, 2.75) is 45.6 Å². The molecule has 0 bridgehead atoms. The van der Waals surface area contributed by atoms with Gasteiger partial charge in [0.2, 0.25) is 17.7 Å². The fraction of sp³-hybridized carbons (Fsp3) is 0.625. The third kappa shape index (κ3) is 3.64. The molecule has 1 atom stereocenters. The number of morpholine rings is 1. The number of amides is 1. The smallest absolute Gasteiger partial charge is 0.241 e. The summed E-state index contributed by atoms with van der Waals surface area (Å²) in [4.78, 5) is 19.0. The molecule has 0 spiro atoms. The van der Waals surface area contributed by atoms with Crippen LogP contribution in [-0.4, -0.2) is 45.7 Å². The van der Waals surface area contributed by atoms with Gasteiger partial charge in [0.15, 0.2) is 0 Å². The van der Waals surface area contributed by atoms with Crippen LogP contribution in [0.2, 0.25) is 0 Å². The van der Waals surface area contributed by atoms with E-state index in [2.05, 4.69) is 22.1 Å². The van der Waals surface area contributed by atoms with E-state index in [-0.39, 0.29) is 24.3 Å². The number of aromatic nitrogens is 3. The monoisotopic (exact) mass is 350 g/mol. The van der Waals surface area contributed by atoms with Crippen molar-refractivity contribution in [3.63, 3.8) is 0 Å². The van der Waals surface area contributed by atoms with Gasteiger partial charge >= 0.3 is 0 Å². The predicted octanol–water partition coefficient (Wildman–Crippen LogP) is 2.35. The number of rotatable bonds is 5. The summed E-state index contributed by atoms with van der Waals surface area (Å²) in [6.45, 7) is 7.46. The average molecular weight is 350 g/mol. The van der Waals surface area contributed by atoms with Gasteiger partial charge in [-0.25, -0.2) is 4.98 Å². The first-order chi connectivity index (χ1) is 11.6. The Kier molecular flexibility index (Phi) is 5.25. The fourth-order valence-corrected chi connectivity index (χ4v) is 3.32. The topological polar surface area (TPSA) is 81.4 Å². The van der Waals surface area contributed by atoms with Crippen LogP contribution in [0.4, 0.5) is 0 Å². The zero-order chi connectivity index (χ0) is 17.1. The van der Waals surface area contributed by atoms with Crippen molar-refractivity contribution in [1.82, 2.24) is 20.1 Å². The molecule has 0 N–H and O–H groups in total. The average Bonchev–Trinajstić information content (AvgIpc) is 3.24. The van der Waals surface area contributed by atoms with Crippen LogP contribution in [-0.2, 0) is 22.4 Å². The van der Waals surface area contributed by atoms with Crippen molar-refractivity contribution in [3.8, 4) is 0 Å². The molecule has 24 heavy (non-hydrogen) atoms. The first kappa shape index (κ1) is 17.0. The molecule has 0 saturated carbocycles. The normalized spacial score (nSPS) is 18.3. The highest BCUT2D eigenvalue weighted by Gasteiger charge is 2.33. The summed E-state index contributed by atoms with van der Waals surface area (Å²) >= 11 is 1.59. The van der Waals surface area contributed by atoms with Gasteiger partial charge < -0.3 is 14.1 Å². The minimum Gasteiger partial charge on any atom is -0.423 e. The summed E-state index contributed by atoms with van der Waals surface area (Å²) in [6.07, 6.45) is 1.18. The number of hydrogen-bond acceptors (Lipinski definition) is 7. The first-order valence-electron chi connectivity index (χ1n) is 8.22. The molecule has 1 aliphatic heterocycles. The van der Waals surface area contributed by atoms with Gasteiger partial charge in [0.1, 0.15) is 6.04 Å². The Morgan fingerprint density at radius 1 is 1.46 bits per heavy atom. The van der Waals surface area contributed by atoms with Crippen molar-refractivity contribution in [2.75, 3.05) is 19.8 Å². The second kappa shape index (κ2) is 7.40.